The van der Waals surface area contributed by atoms with Crippen molar-refractivity contribution < 1.29 is 4.74 Å². The number of rotatable bonds is 4. The van der Waals surface area contributed by atoms with Crippen molar-refractivity contribution in [2.75, 3.05) is 25.6 Å². The lowest BCUT2D eigenvalue weighted by molar-refractivity contribution is 0.0825. The van der Waals surface area contributed by atoms with Gasteiger partial charge in [0.25, 0.3) is 0 Å². The second-order valence-electron chi connectivity index (χ2n) is 6.99. The van der Waals surface area contributed by atoms with E-state index in [-0.39, 0.29) is 6.10 Å². The maximum absolute atomic E-state index is 5.95. The standard InChI is InChI=1S/C18H20N6OS/c1-23(2)18-22-17-15(26-18)9-19-16(21-17)11-5-6-25-14(7-11)12-8-20-24(10-12)13-3-4-13/h7-10,13-14H,3-6H2,1-2H3/t14-/m1/s1. The molecule has 3 aromatic rings. The molecule has 7 nitrogen and oxygen atoms in total. The predicted octanol–water partition coefficient (Wildman–Crippen LogP) is 3.23. The molecule has 1 saturated carbocycles. The van der Waals surface area contributed by atoms with Gasteiger partial charge < -0.3 is 9.64 Å². The summed E-state index contributed by atoms with van der Waals surface area (Å²) in [5.74, 6) is 0.746. The first kappa shape index (κ1) is 15.9. The minimum absolute atomic E-state index is 0.0849. The third-order valence-corrected chi connectivity index (χ3v) is 5.85. The maximum atomic E-state index is 5.95. The number of hydrogen-bond acceptors (Lipinski definition) is 7. The lowest BCUT2D eigenvalue weighted by Gasteiger charge is -2.20. The van der Waals surface area contributed by atoms with E-state index in [0.29, 0.717) is 12.6 Å². The van der Waals surface area contributed by atoms with Gasteiger partial charge in [-0.05, 0) is 30.9 Å². The van der Waals surface area contributed by atoms with Gasteiger partial charge in [-0.15, -0.1) is 0 Å². The Kier molecular flexibility index (Phi) is 3.75. The van der Waals surface area contributed by atoms with Crippen molar-refractivity contribution in [1.82, 2.24) is 24.7 Å². The third-order valence-electron chi connectivity index (χ3n) is 4.70. The van der Waals surface area contributed by atoms with Crippen LogP contribution in [0.15, 0.2) is 24.7 Å². The molecule has 3 aromatic heterocycles. The molecular formula is C18H20N6OS. The van der Waals surface area contributed by atoms with Gasteiger partial charge in [0, 0.05) is 25.9 Å². The van der Waals surface area contributed by atoms with Crippen molar-refractivity contribution in [2.45, 2.75) is 31.4 Å². The Bertz CT molecular complexity index is 987. The van der Waals surface area contributed by atoms with Gasteiger partial charge in [-0.1, -0.05) is 11.3 Å². The summed E-state index contributed by atoms with van der Waals surface area (Å²) >= 11 is 1.60. The lowest BCUT2D eigenvalue weighted by atomic mass is 10.0. The van der Waals surface area contributed by atoms with Gasteiger partial charge in [0.1, 0.15) is 6.10 Å². The Hall–Kier alpha value is -2.32. The highest BCUT2D eigenvalue weighted by atomic mass is 32.1. The predicted molar refractivity (Wildman–Crippen MR) is 101 cm³/mol. The molecule has 0 bridgehead atoms. The summed E-state index contributed by atoms with van der Waals surface area (Å²) in [6.07, 6.45) is 11.2. The summed E-state index contributed by atoms with van der Waals surface area (Å²) in [4.78, 5) is 15.9. The number of fused-ring (bicyclic) bond motifs is 1. The lowest BCUT2D eigenvalue weighted by Crippen LogP contribution is -2.11. The van der Waals surface area contributed by atoms with E-state index in [2.05, 4.69) is 32.0 Å². The van der Waals surface area contributed by atoms with Crippen LogP contribution in [-0.2, 0) is 4.74 Å². The zero-order chi connectivity index (χ0) is 17.7. The highest BCUT2D eigenvalue weighted by Crippen LogP contribution is 2.36. The van der Waals surface area contributed by atoms with E-state index in [1.165, 1.54) is 12.8 Å². The zero-order valence-electron chi connectivity index (χ0n) is 14.8. The Morgan fingerprint density at radius 3 is 2.92 bits per heavy atom. The van der Waals surface area contributed by atoms with Crippen LogP contribution >= 0.6 is 11.3 Å². The highest BCUT2D eigenvalue weighted by molar-refractivity contribution is 7.22. The normalized spacial score (nSPS) is 20.4. The summed E-state index contributed by atoms with van der Waals surface area (Å²) < 4.78 is 9.01. The number of anilines is 1. The van der Waals surface area contributed by atoms with Gasteiger partial charge >= 0.3 is 0 Å². The van der Waals surface area contributed by atoms with Crippen molar-refractivity contribution in [3.63, 3.8) is 0 Å². The molecule has 1 aliphatic heterocycles. The van der Waals surface area contributed by atoms with Crippen molar-refractivity contribution in [3.8, 4) is 0 Å². The zero-order valence-corrected chi connectivity index (χ0v) is 15.6. The van der Waals surface area contributed by atoms with Crippen LogP contribution in [0.2, 0.25) is 0 Å². The summed E-state index contributed by atoms with van der Waals surface area (Å²) in [5.41, 5.74) is 2.97. The van der Waals surface area contributed by atoms with Gasteiger partial charge in [0.05, 0.1) is 29.7 Å². The molecule has 26 heavy (non-hydrogen) atoms. The second-order valence-corrected chi connectivity index (χ2v) is 8.00. The van der Waals surface area contributed by atoms with Gasteiger partial charge in [0.2, 0.25) is 0 Å². The minimum atomic E-state index is -0.0849. The van der Waals surface area contributed by atoms with Crippen molar-refractivity contribution in [3.05, 3.63) is 36.1 Å². The van der Waals surface area contributed by atoms with Crippen molar-refractivity contribution in [1.29, 1.82) is 0 Å². The smallest absolute Gasteiger partial charge is 0.187 e. The molecule has 5 rings (SSSR count). The fraction of sp³-hybridized carbons (Fsp3) is 0.444. The minimum Gasteiger partial charge on any atom is -0.369 e. The summed E-state index contributed by atoms with van der Waals surface area (Å²) in [6.45, 7) is 0.659. The number of thiazole rings is 1. The average molecular weight is 368 g/mol. The molecule has 0 aromatic carbocycles. The van der Waals surface area contributed by atoms with Crippen LogP contribution in [0.4, 0.5) is 5.13 Å². The van der Waals surface area contributed by atoms with E-state index >= 15 is 0 Å². The van der Waals surface area contributed by atoms with Crippen LogP contribution in [-0.4, -0.2) is 45.4 Å². The summed E-state index contributed by atoms with van der Waals surface area (Å²) in [5, 5.41) is 5.42. The molecule has 8 heteroatoms. The first-order chi connectivity index (χ1) is 12.7. The molecule has 0 amide bonds. The first-order valence-electron chi connectivity index (χ1n) is 8.85. The molecular weight excluding hydrogens is 348 g/mol. The largest absolute Gasteiger partial charge is 0.369 e. The monoisotopic (exact) mass is 368 g/mol. The number of aromatic nitrogens is 5. The van der Waals surface area contributed by atoms with Crippen molar-refractivity contribution in [2.24, 2.45) is 0 Å². The van der Waals surface area contributed by atoms with E-state index in [0.717, 1.165) is 38.9 Å². The molecule has 1 aliphatic carbocycles. The number of hydrogen-bond donors (Lipinski definition) is 0. The highest BCUT2D eigenvalue weighted by Gasteiger charge is 2.26. The average Bonchev–Trinajstić information content (AvgIpc) is 3.22. The molecule has 0 radical (unpaired) electrons. The third kappa shape index (κ3) is 2.89. The van der Waals surface area contributed by atoms with E-state index < -0.39 is 0 Å². The maximum Gasteiger partial charge on any atom is 0.187 e. The van der Waals surface area contributed by atoms with Gasteiger partial charge in [-0.25, -0.2) is 9.97 Å². The Morgan fingerprint density at radius 1 is 1.23 bits per heavy atom. The first-order valence-corrected chi connectivity index (χ1v) is 9.66. The SMILES string of the molecule is CN(C)c1nc2nc(C3=C[C@H](c4cnn(C5CC5)c4)OCC3)ncc2s1. The Balaban J connectivity index is 1.45. The van der Waals surface area contributed by atoms with Crippen LogP contribution in [0, 0.1) is 0 Å². The van der Waals surface area contributed by atoms with Gasteiger partial charge in [-0.2, -0.15) is 10.1 Å². The van der Waals surface area contributed by atoms with Crippen LogP contribution in [0.5, 0.6) is 0 Å². The van der Waals surface area contributed by atoms with Gasteiger partial charge in [0.15, 0.2) is 16.6 Å². The van der Waals surface area contributed by atoms with Gasteiger partial charge in [-0.3, -0.25) is 4.68 Å². The molecule has 0 saturated heterocycles. The fourth-order valence-electron chi connectivity index (χ4n) is 3.10. The molecule has 0 N–H and O–H groups in total. The molecule has 4 heterocycles. The fourth-order valence-corrected chi connectivity index (χ4v) is 3.90. The Labute approximate surface area is 155 Å². The van der Waals surface area contributed by atoms with E-state index in [1.807, 2.05) is 31.4 Å². The van der Waals surface area contributed by atoms with Crippen molar-refractivity contribution >= 4 is 32.4 Å². The molecule has 0 spiro atoms. The summed E-state index contributed by atoms with van der Waals surface area (Å²) in [6, 6.07) is 0.581. The van der Waals surface area contributed by atoms with E-state index in [9.17, 15) is 0 Å². The molecule has 1 fully saturated rings. The quantitative estimate of drug-likeness (QED) is 0.704. The topological polar surface area (TPSA) is 69.0 Å². The molecule has 1 atom stereocenters. The Morgan fingerprint density at radius 2 is 2.12 bits per heavy atom. The number of nitrogens with zero attached hydrogens (tertiary/aromatic N) is 6. The van der Waals surface area contributed by atoms with Crippen LogP contribution in [0.25, 0.3) is 15.9 Å². The van der Waals surface area contributed by atoms with Crippen LogP contribution in [0.1, 0.15) is 42.8 Å². The molecule has 0 unspecified atom stereocenters. The molecule has 134 valence electrons. The van der Waals surface area contributed by atoms with E-state index in [4.69, 9.17) is 9.72 Å². The number of ether oxygens (including phenoxy) is 1. The second kappa shape index (κ2) is 6.14. The van der Waals surface area contributed by atoms with Crippen LogP contribution in [0.3, 0.4) is 0 Å². The van der Waals surface area contributed by atoms with E-state index in [1.54, 1.807) is 11.3 Å². The van der Waals surface area contributed by atoms with Crippen LogP contribution < -0.4 is 4.90 Å². The summed E-state index contributed by atoms with van der Waals surface area (Å²) in [7, 11) is 3.97. The molecule has 2 aliphatic rings.